The quantitative estimate of drug-likeness (QED) is 0.354. The van der Waals surface area contributed by atoms with E-state index in [2.05, 4.69) is 40.8 Å². The predicted molar refractivity (Wildman–Crippen MR) is 165 cm³/mol. The molecule has 240 valence electrons. The van der Waals surface area contributed by atoms with Crippen molar-refractivity contribution in [3.8, 4) is 0 Å². The van der Waals surface area contributed by atoms with Crippen LogP contribution in [0, 0.1) is 23.7 Å². The molecule has 8 heteroatoms. The number of morpholine rings is 1. The van der Waals surface area contributed by atoms with E-state index in [9.17, 15) is 9.59 Å². The van der Waals surface area contributed by atoms with Crippen molar-refractivity contribution >= 4 is 11.7 Å². The number of nitrogens with zero attached hydrogens (tertiary/aromatic N) is 3. The molecule has 0 radical (unpaired) electrons. The summed E-state index contributed by atoms with van der Waals surface area (Å²) >= 11 is 0. The Balaban J connectivity index is 1.12. The molecule has 3 aliphatic carbocycles. The molecular weight excluding hydrogens is 543 g/mol. The summed E-state index contributed by atoms with van der Waals surface area (Å²) in [5, 5.41) is 3.09. The number of fused-ring (bicyclic) bond motifs is 3. The molecule has 12 unspecified atom stereocenters. The largest absolute Gasteiger partial charge is 0.369 e. The molecule has 0 bridgehead atoms. The number of hydrogen-bond acceptors (Lipinski definition) is 6. The Bertz CT molecular complexity index is 1080. The molecule has 1 amide bonds. The van der Waals surface area contributed by atoms with Gasteiger partial charge in [0, 0.05) is 43.8 Å². The summed E-state index contributed by atoms with van der Waals surface area (Å²) in [6.07, 6.45) is 13.6. The zero-order valence-electron chi connectivity index (χ0n) is 26.8. The molecule has 4 aliphatic heterocycles. The summed E-state index contributed by atoms with van der Waals surface area (Å²) in [6, 6.07) is 0.826. The van der Waals surface area contributed by atoms with E-state index in [1.807, 2.05) is 6.20 Å². The second-order valence-electron chi connectivity index (χ2n) is 15.5. The lowest BCUT2D eigenvalue weighted by atomic mass is 9.64. The van der Waals surface area contributed by atoms with Crippen LogP contribution in [0.2, 0.25) is 0 Å². The third-order valence-corrected chi connectivity index (χ3v) is 12.8. The number of likely N-dealkylation sites (tertiary alicyclic amines) is 2. The molecule has 7 rings (SSSR count). The van der Waals surface area contributed by atoms with E-state index >= 15 is 4.39 Å². The Morgan fingerprint density at radius 2 is 1.72 bits per heavy atom. The van der Waals surface area contributed by atoms with Gasteiger partial charge in [0.25, 0.3) is 5.91 Å². The van der Waals surface area contributed by atoms with Crippen LogP contribution in [0.25, 0.3) is 0 Å². The standard InChI is InChI=1S/C35H55FN4O3/c1-21-12-15-38(19-21)32-28(36)18-26-31-34(32)43-30-17-25-11-5-4-10-24(25)16-29(30)40(31)20-27(33(26)41)35(42)37-13-7-14-39-22(2)8-6-9-23(39)3/h20-26,28-32,34H,4-19H2,1-3H3,(H,37,42). The summed E-state index contributed by atoms with van der Waals surface area (Å²) < 4.78 is 23.3. The van der Waals surface area contributed by atoms with E-state index in [1.165, 1.54) is 44.9 Å². The molecule has 0 aromatic carbocycles. The minimum Gasteiger partial charge on any atom is -0.369 e. The van der Waals surface area contributed by atoms with E-state index in [4.69, 9.17) is 4.74 Å². The van der Waals surface area contributed by atoms with Gasteiger partial charge in [-0.05, 0) is 83.1 Å². The first kappa shape index (κ1) is 30.2. The van der Waals surface area contributed by atoms with Crippen LogP contribution in [0.4, 0.5) is 4.39 Å². The van der Waals surface area contributed by atoms with Crippen LogP contribution >= 0.6 is 0 Å². The molecule has 4 heterocycles. The number of carbonyl (C=O) groups excluding carboxylic acids is 2. The fourth-order valence-corrected chi connectivity index (χ4v) is 10.6. The lowest BCUT2D eigenvalue weighted by molar-refractivity contribution is -0.219. The number of Topliss-reactive ketones (excluding diaryl/α,β-unsaturated/α-hetero) is 1. The van der Waals surface area contributed by atoms with Gasteiger partial charge in [-0.3, -0.25) is 19.4 Å². The second kappa shape index (κ2) is 12.4. The van der Waals surface area contributed by atoms with E-state index in [-0.39, 0.29) is 54.0 Å². The van der Waals surface area contributed by atoms with E-state index in [0.717, 1.165) is 45.3 Å². The van der Waals surface area contributed by atoms with Crippen molar-refractivity contribution in [2.45, 2.75) is 146 Å². The van der Waals surface area contributed by atoms with Crippen molar-refractivity contribution in [3.63, 3.8) is 0 Å². The van der Waals surface area contributed by atoms with Gasteiger partial charge in [-0.15, -0.1) is 0 Å². The summed E-state index contributed by atoms with van der Waals surface area (Å²) in [7, 11) is 0. The van der Waals surface area contributed by atoms with Gasteiger partial charge in [0.2, 0.25) is 0 Å². The van der Waals surface area contributed by atoms with Crippen LogP contribution in [-0.4, -0.2) is 101 Å². The maximum atomic E-state index is 16.3. The van der Waals surface area contributed by atoms with Crippen LogP contribution in [0.3, 0.4) is 0 Å². The average Bonchev–Trinajstić information content (AvgIpc) is 3.42. The monoisotopic (exact) mass is 598 g/mol. The van der Waals surface area contributed by atoms with Crippen LogP contribution in [0.15, 0.2) is 11.8 Å². The van der Waals surface area contributed by atoms with Gasteiger partial charge in [-0.1, -0.05) is 39.0 Å². The van der Waals surface area contributed by atoms with Crippen LogP contribution in [-0.2, 0) is 14.3 Å². The normalized spacial score (nSPS) is 45.2. The third-order valence-electron chi connectivity index (χ3n) is 12.8. The Morgan fingerprint density at radius 3 is 2.44 bits per heavy atom. The Hall–Kier alpha value is -1.51. The fourth-order valence-electron chi connectivity index (χ4n) is 10.6. The Kier molecular flexibility index (Phi) is 8.67. The minimum atomic E-state index is -1.12. The van der Waals surface area contributed by atoms with Crippen molar-refractivity contribution in [2.24, 2.45) is 23.7 Å². The summed E-state index contributed by atoms with van der Waals surface area (Å²) in [5.41, 5.74) is 0.242. The number of alkyl halides is 1. The number of amides is 1. The van der Waals surface area contributed by atoms with Gasteiger partial charge in [-0.2, -0.15) is 0 Å². The maximum Gasteiger partial charge on any atom is 0.256 e. The highest BCUT2D eigenvalue weighted by molar-refractivity contribution is 6.20. The zero-order valence-corrected chi connectivity index (χ0v) is 26.8. The highest BCUT2D eigenvalue weighted by Crippen LogP contribution is 2.51. The van der Waals surface area contributed by atoms with Crippen molar-refractivity contribution in [1.82, 2.24) is 20.0 Å². The molecule has 0 aromatic rings. The van der Waals surface area contributed by atoms with Gasteiger partial charge in [0.1, 0.15) is 6.17 Å². The molecular formula is C35H55FN4O3. The smallest absolute Gasteiger partial charge is 0.256 e. The van der Waals surface area contributed by atoms with Gasteiger partial charge in [-0.25, -0.2) is 4.39 Å². The number of rotatable bonds is 6. The SMILES string of the molecule is CC1CCN(C2C(F)CC3C(=O)C(C(=O)NCCCN4C(C)CCCC4C)=CN4C5CC6CCCCC6CC5OC2C34)C1. The van der Waals surface area contributed by atoms with Crippen molar-refractivity contribution in [2.75, 3.05) is 26.2 Å². The van der Waals surface area contributed by atoms with Gasteiger partial charge in [0.15, 0.2) is 5.78 Å². The molecule has 0 spiro atoms. The fraction of sp³-hybridized carbons (Fsp3) is 0.886. The van der Waals surface area contributed by atoms with E-state index in [1.54, 1.807) is 0 Å². The first-order valence-electron chi connectivity index (χ1n) is 17.9. The molecule has 7 nitrogen and oxygen atoms in total. The van der Waals surface area contributed by atoms with Crippen molar-refractivity contribution < 1.29 is 18.7 Å². The second-order valence-corrected chi connectivity index (χ2v) is 15.5. The molecule has 43 heavy (non-hydrogen) atoms. The van der Waals surface area contributed by atoms with Gasteiger partial charge < -0.3 is 15.0 Å². The first-order chi connectivity index (χ1) is 20.8. The molecule has 7 aliphatic rings. The number of hydrogen-bond donors (Lipinski definition) is 1. The Morgan fingerprint density at radius 1 is 0.977 bits per heavy atom. The number of ether oxygens (including phenoxy) is 1. The first-order valence-corrected chi connectivity index (χ1v) is 17.9. The van der Waals surface area contributed by atoms with Gasteiger partial charge >= 0.3 is 0 Å². The number of ketones is 1. The van der Waals surface area contributed by atoms with Gasteiger partial charge in [0.05, 0.1) is 35.9 Å². The predicted octanol–water partition coefficient (Wildman–Crippen LogP) is 4.70. The summed E-state index contributed by atoms with van der Waals surface area (Å²) in [4.78, 5) is 34.9. The number of halogens is 1. The topological polar surface area (TPSA) is 65.1 Å². The molecule has 3 saturated carbocycles. The van der Waals surface area contributed by atoms with E-state index < -0.39 is 12.1 Å². The highest BCUT2D eigenvalue weighted by atomic mass is 19.1. The lowest BCUT2D eigenvalue weighted by Gasteiger charge is -2.61. The molecule has 3 saturated heterocycles. The zero-order chi connectivity index (χ0) is 29.8. The summed E-state index contributed by atoms with van der Waals surface area (Å²) in [5.74, 6) is 0.943. The third kappa shape index (κ3) is 5.60. The maximum absolute atomic E-state index is 16.3. The number of nitrogens with one attached hydrogen (secondary N) is 1. The molecule has 0 aromatic heterocycles. The average molecular weight is 599 g/mol. The Labute approximate surface area is 258 Å². The molecule has 12 atom stereocenters. The van der Waals surface area contributed by atoms with Crippen LogP contribution in [0.1, 0.15) is 97.8 Å². The summed E-state index contributed by atoms with van der Waals surface area (Å²) in [6.45, 7) is 10.2. The number of piperidine rings is 1. The molecule has 6 fully saturated rings. The van der Waals surface area contributed by atoms with Crippen molar-refractivity contribution in [3.05, 3.63) is 11.8 Å². The van der Waals surface area contributed by atoms with Crippen molar-refractivity contribution in [1.29, 1.82) is 0 Å². The number of carbonyl (C=O) groups is 2. The lowest BCUT2D eigenvalue weighted by Crippen LogP contribution is -2.73. The van der Waals surface area contributed by atoms with Crippen LogP contribution < -0.4 is 5.32 Å². The molecule has 1 N–H and O–H groups in total. The minimum absolute atomic E-state index is 0.0383. The van der Waals surface area contributed by atoms with Crippen LogP contribution in [0.5, 0.6) is 0 Å². The van der Waals surface area contributed by atoms with E-state index in [0.29, 0.717) is 36.4 Å². The highest BCUT2D eigenvalue weighted by Gasteiger charge is 2.60.